The molecule has 0 unspecified atom stereocenters. The molecule has 0 bridgehead atoms. The Morgan fingerprint density at radius 2 is 2.26 bits per heavy atom. The third-order valence-corrected chi connectivity index (χ3v) is 3.35. The highest BCUT2D eigenvalue weighted by Crippen LogP contribution is 2.27. The summed E-state index contributed by atoms with van der Waals surface area (Å²) in [7, 11) is 7.07. The SMILES string of the molecule is [B]OC(=C(C#N)c1cc(C)n(C)n1)c1nc(C)ns1. The summed E-state index contributed by atoms with van der Waals surface area (Å²) in [6.45, 7) is 3.65. The molecule has 0 saturated carbocycles. The molecule has 0 saturated heterocycles. The molecule has 6 nitrogen and oxygen atoms in total. The normalized spacial score (nSPS) is 11.9. The van der Waals surface area contributed by atoms with Gasteiger partial charge >= 0.3 is 8.05 Å². The smallest absolute Gasteiger partial charge is 0.374 e. The zero-order valence-electron chi connectivity index (χ0n) is 10.7. The van der Waals surface area contributed by atoms with Gasteiger partial charge in [0.2, 0.25) is 0 Å². The van der Waals surface area contributed by atoms with Crippen LogP contribution in [0, 0.1) is 25.2 Å². The van der Waals surface area contributed by atoms with Crippen LogP contribution in [-0.2, 0) is 11.7 Å². The summed E-state index contributed by atoms with van der Waals surface area (Å²) in [4.78, 5) is 4.16. The number of nitriles is 1. The van der Waals surface area contributed by atoms with Crippen molar-refractivity contribution in [1.82, 2.24) is 19.1 Å². The molecular weight excluding hydrogens is 261 g/mol. The quantitative estimate of drug-likeness (QED) is 0.479. The van der Waals surface area contributed by atoms with Crippen molar-refractivity contribution in [3.63, 3.8) is 0 Å². The van der Waals surface area contributed by atoms with Crippen molar-refractivity contribution in [3.8, 4) is 6.07 Å². The van der Waals surface area contributed by atoms with Crippen molar-refractivity contribution in [2.24, 2.45) is 7.05 Å². The van der Waals surface area contributed by atoms with Gasteiger partial charge in [-0.3, -0.25) is 4.68 Å². The number of hydrogen-bond acceptors (Lipinski definition) is 6. The van der Waals surface area contributed by atoms with Crippen molar-refractivity contribution in [2.75, 3.05) is 0 Å². The average Bonchev–Trinajstić information content (AvgIpc) is 2.93. The Kier molecular flexibility index (Phi) is 3.67. The van der Waals surface area contributed by atoms with Gasteiger partial charge in [0, 0.05) is 12.7 Å². The minimum atomic E-state index is 0.186. The largest absolute Gasteiger partial charge is 0.565 e. The van der Waals surface area contributed by atoms with Gasteiger partial charge in [-0.15, -0.1) is 0 Å². The van der Waals surface area contributed by atoms with Gasteiger partial charge in [0.25, 0.3) is 0 Å². The van der Waals surface area contributed by atoms with E-state index >= 15 is 0 Å². The maximum absolute atomic E-state index is 9.31. The van der Waals surface area contributed by atoms with Crippen LogP contribution in [-0.4, -0.2) is 27.2 Å². The van der Waals surface area contributed by atoms with E-state index in [1.807, 2.05) is 6.92 Å². The Labute approximate surface area is 116 Å². The molecule has 0 fully saturated rings. The van der Waals surface area contributed by atoms with E-state index < -0.39 is 0 Å². The molecule has 0 atom stereocenters. The van der Waals surface area contributed by atoms with E-state index in [1.54, 1.807) is 24.7 Å². The second kappa shape index (κ2) is 5.24. The van der Waals surface area contributed by atoms with Crippen LogP contribution in [0.1, 0.15) is 22.2 Å². The number of hydrogen-bond donors (Lipinski definition) is 0. The third kappa shape index (κ3) is 2.51. The maximum atomic E-state index is 9.31. The summed E-state index contributed by atoms with van der Waals surface area (Å²) in [5.41, 5.74) is 1.66. The van der Waals surface area contributed by atoms with Crippen LogP contribution >= 0.6 is 11.5 Å². The highest BCUT2D eigenvalue weighted by molar-refractivity contribution is 7.06. The number of nitrogens with zero attached hydrogens (tertiary/aromatic N) is 5. The van der Waals surface area contributed by atoms with Crippen LogP contribution in [0.25, 0.3) is 11.3 Å². The molecule has 0 aliphatic rings. The van der Waals surface area contributed by atoms with Crippen LogP contribution in [0.15, 0.2) is 6.07 Å². The van der Waals surface area contributed by atoms with Gasteiger partial charge in [0.1, 0.15) is 23.2 Å². The Morgan fingerprint density at radius 3 is 2.68 bits per heavy atom. The summed E-state index contributed by atoms with van der Waals surface area (Å²) in [5, 5.41) is 14.0. The lowest BCUT2D eigenvalue weighted by atomic mass is 10.1. The Hall–Kier alpha value is -2.14. The lowest BCUT2D eigenvalue weighted by Gasteiger charge is -2.04. The standard InChI is InChI=1S/C11H10BN5OS/c1-6-4-9(15-17(6)3)8(5-13)10(18-12)11-14-7(2)16-19-11/h4H,1-3H3. The zero-order chi connectivity index (χ0) is 14.0. The van der Waals surface area contributed by atoms with Crippen LogP contribution in [0.2, 0.25) is 0 Å². The first-order valence-electron chi connectivity index (χ1n) is 5.39. The van der Waals surface area contributed by atoms with Gasteiger partial charge in [-0.25, -0.2) is 4.98 Å². The van der Waals surface area contributed by atoms with Gasteiger partial charge in [-0.2, -0.15) is 14.7 Å². The predicted octanol–water partition coefficient (Wildman–Crippen LogP) is 1.38. The molecule has 2 aromatic rings. The summed E-state index contributed by atoms with van der Waals surface area (Å²) < 4.78 is 10.5. The molecular formula is C11H10BN5OS. The van der Waals surface area contributed by atoms with E-state index in [9.17, 15) is 5.26 Å². The van der Waals surface area contributed by atoms with Crippen molar-refractivity contribution in [3.05, 3.63) is 28.3 Å². The second-order valence-corrected chi connectivity index (χ2v) is 4.63. The van der Waals surface area contributed by atoms with E-state index in [4.69, 9.17) is 12.7 Å². The van der Waals surface area contributed by atoms with Crippen LogP contribution in [0.5, 0.6) is 0 Å². The molecule has 0 aliphatic heterocycles. The lowest BCUT2D eigenvalue weighted by Crippen LogP contribution is -1.97. The molecule has 2 aromatic heterocycles. The predicted molar refractivity (Wildman–Crippen MR) is 71.9 cm³/mol. The number of rotatable bonds is 3. The Morgan fingerprint density at radius 1 is 1.53 bits per heavy atom. The van der Waals surface area contributed by atoms with Crippen molar-refractivity contribution >= 4 is 30.9 Å². The van der Waals surface area contributed by atoms with Crippen molar-refractivity contribution < 1.29 is 4.65 Å². The first kappa shape index (κ1) is 13.3. The zero-order valence-corrected chi connectivity index (χ0v) is 11.5. The van der Waals surface area contributed by atoms with Gasteiger partial charge in [-0.1, -0.05) is 0 Å². The van der Waals surface area contributed by atoms with Crippen LogP contribution in [0.4, 0.5) is 0 Å². The van der Waals surface area contributed by atoms with Crippen LogP contribution in [0.3, 0.4) is 0 Å². The molecule has 0 amide bonds. The highest BCUT2D eigenvalue weighted by atomic mass is 32.1. The topological polar surface area (TPSA) is 76.6 Å². The highest BCUT2D eigenvalue weighted by Gasteiger charge is 2.18. The fourth-order valence-electron chi connectivity index (χ4n) is 1.51. The molecule has 0 N–H and O–H groups in total. The molecule has 2 heterocycles. The number of allylic oxidation sites excluding steroid dienone is 1. The minimum Gasteiger partial charge on any atom is -0.565 e. The minimum absolute atomic E-state index is 0.186. The fraction of sp³-hybridized carbons (Fsp3) is 0.273. The average molecular weight is 271 g/mol. The Balaban J connectivity index is 2.59. The van der Waals surface area contributed by atoms with Gasteiger partial charge in [-0.05, 0) is 31.4 Å². The summed E-state index contributed by atoms with van der Waals surface area (Å²) in [5.74, 6) is 0.787. The molecule has 0 spiro atoms. The van der Waals surface area contributed by atoms with E-state index in [-0.39, 0.29) is 11.3 Å². The van der Waals surface area contributed by atoms with E-state index in [1.165, 1.54) is 0 Å². The summed E-state index contributed by atoms with van der Waals surface area (Å²) in [6.07, 6.45) is 0. The maximum Gasteiger partial charge on any atom is 0.374 e. The molecule has 94 valence electrons. The molecule has 19 heavy (non-hydrogen) atoms. The fourth-order valence-corrected chi connectivity index (χ4v) is 2.18. The number of aryl methyl sites for hydroxylation is 3. The first-order valence-corrected chi connectivity index (χ1v) is 6.17. The molecule has 0 aromatic carbocycles. The van der Waals surface area contributed by atoms with Gasteiger partial charge in [0.15, 0.2) is 10.8 Å². The first-order chi connectivity index (χ1) is 9.06. The van der Waals surface area contributed by atoms with E-state index in [0.29, 0.717) is 16.5 Å². The molecule has 2 rings (SSSR count). The molecule has 2 radical (unpaired) electrons. The van der Waals surface area contributed by atoms with E-state index in [0.717, 1.165) is 17.2 Å². The third-order valence-electron chi connectivity index (χ3n) is 2.55. The number of aromatic nitrogens is 4. The monoisotopic (exact) mass is 271 g/mol. The van der Waals surface area contributed by atoms with Gasteiger partial charge in [0.05, 0.1) is 0 Å². The van der Waals surface area contributed by atoms with Crippen LogP contribution < -0.4 is 0 Å². The Bertz CT molecular complexity index is 662. The summed E-state index contributed by atoms with van der Waals surface area (Å²) >= 11 is 1.12. The van der Waals surface area contributed by atoms with Crippen molar-refractivity contribution in [2.45, 2.75) is 13.8 Å². The van der Waals surface area contributed by atoms with Gasteiger partial charge < -0.3 is 4.65 Å². The second-order valence-electron chi connectivity index (χ2n) is 3.88. The molecule has 8 heteroatoms. The van der Waals surface area contributed by atoms with E-state index in [2.05, 4.69) is 20.5 Å². The lowest BCUT2D eigenvalue weighted by molar-refractivity contribution is 0.573. The summed E-state index contributed by atoms with van der Waals surface area (Å²) in [6, 6.07) is 3.84. The van der Waals surface area contributed by atoms with Crippen molar-refractivity contribution in [1.29, 1.82) is 5.26 Å². The molecule has 0 aliphatic carbocycles.